The van der Waals surface area contributed by atoms with Crippen LogP contribution in [0.4, 0.5) is 17.6 Å². The minimum atomic E-state index is 0.551. The Morgan fingerprint density at radius 3 is 1.72 bits per heavy atom. The van der Waals surface area contributed by atoms with Gasteiger partial charge < -0.3 is 25.5 Å². The summed E-state index contributed by atoms with van der Waals surface area (Å²) in [4.78, 5) is 32.1. The Hall–Kier alpha value is -8.70. The first-order valence-electron chi connectivity index (χ1n) is 24.6. The zero-order chi connectivity index (χ0) is 47.9. The van der Waals surface area contributed by atoms with E-state index in [2.05, 4.69) is 187 Å². The van der Waals surface area contributed by atoms with Crippen molar-refractivity contribution in [2.75, 3.05) is 29.0 Å². The summed E-state index contributed by atoms with van der Waals surface area (Å²) in [6.07, 6.45) is 14.1. The Balaban J connectivity index is 0.809. The van der Waals surface area contributed by atoms with E-state index in [4.69, 9.17) is 19.9 Å². The van der Waals surface area contributed by atoms with E-state index in [0.717, 1.165) is 91.1 Å². The van der Waals surface area contributed by atoms with Crippen LogP contribution < -0.4 is 16.0 Å². The van der Waals surface area contributed by atoms with Crippen LogP contribution in [0.2, 0.25) is 0 Å². The van der Waals surface area contributed by atoms with Crippen LogP contribution in [0.3, 0.4) is 0 Å². The zero-order valence-electron chi connectivity index (χ0n) is 39.8. The molecule has 0 fully saturated rings. The number of hydrogen-bond donors (Lipinski definition) is 4. The first-order valence-corrected chi connectivity index (χ1v) is 24.6. The van der Waals surface area contributed by atoms with Crippen molar-refractivity contribution in [1.82, 2.24) is 39.5 Å². The summed E-state index contributed by atoms with van der Waals surface area (Å²) in [5.41, 5.74) is 13.6. The van der Waals surface area contributed by atoms with Crippen molar-refractivity contribution in [3.05, 3.63) is 234 Å². The van der Waals surface area contributed by atoms with E-state index >= 15 is 0 Å². The SMILES string of the molecule is C(CCCCNc1nc(NCc2cccc(/C(=C/CCCCNc3nc(-c4ccccc4)nc4nc[nH]c34)c3ccccc3)c2)nc2c1ncn2Cc1ccccc1)=C(c1ccccc1)c1ccccc1. The van der Waals surface area contributed by atoms with Gasteiger partial charge in [0.05, 0.1) is 19.2 Å². The molecule has 0 aliphatic rings. The number of imidazole rings is 2. The number of allylic oxidation sites excluding steroid dienone is 2. The fourth-order valence-corrected chi connectivity index (χ4v) is 8.85. The highest BCUT2D eigenvalue weighted by Gasteiger charge is 2.16. The Labute approximate surface area is 415 Å². The summed E-state index contributed by atoms with van der Waals surface area (Å²) < 4.78 is 2.10. The predicted molar refractivity (Wildman–Crippen MR) is 290 cm³/mol. The van der Waals surface area contributed by atoms with Crippen LogP contribution in [0.25, 0.3) is 44.9 Å². The van der Waals surface area contributed by atoms with Crippen molar-refractivity contribution in [3.63, 3.8) is 0 Å². The van der Waals surface area contributed by atoms with Gasteiger partial charge in [-0.2, -0.15) is 9.97 Å². The highest BCUT2D eigenvalue weighted by Crippen LogP contribution is 2.29. The molecule has 4 N–H and O–H groups in total. The molecule has 11 heteroatoms. The smallest absolute Gasteiger partial charge is 0.227 e. The molecule has 0 saturated heterocycles. The van der Waals surface area contributed by atoms with Crippen LogP contribution in [0.5, 0.6) is 0 Å². The fourth-order valence-electron chi connectivity index (χ4n) is 8.85. The maximum atomic E-state index is 5.06. The molecule has 6 aromatic carbocycles. The van der Waals surface area contributed by atoms with Crippen LogP contribution in [-0.2, 0) is 13.1 Å². The maximum absolute atomic E-state index is 5.06. The summed E-state index contributed by atoms with van der Waals surface area (Å²) >= 11 is 0. The second-order valence-corrected chi connectivity index (χ2v) is 17.5. The molecule has 10 aromatic rings. The molecule has 71 heavy (non-hydrogen) atoms. The van der Waals surface area contributed by atoms with Gasteiger partial charge in [0.15, 0.2) is 34.3 Å². The van der Waals surface area contributed by atoms with Gasteiger partial charge in [0.25, 0.3) is 0 Å². The van der Waals surface area contributed by atoms with Crippen LogP contribution in [0.15, 0.2) is 201 Å². The van der Waals surface area contributed by atoms with E-state index in [1.54, 1.807) is 6.33 Å². The lowest BCUT2D eigenvalue weighted by atomic mass is 9.95. The summed E-state index contributed by atoms with van der Waals surface area (Å²) in [5, 5.41) is 10.8. The van der Waals surface area contributed by atoms with Crippen molar-refractivity contribution in [1.29, 1.82) is 0 Å². The van der Waals surface area contributed by atoms with Gasteiger partial charge in [-0.1, -0.05) is 182 Å². The standard InChI is InChI=1S/C60H57N11/c1-8-23-44(24-9-1)41-71-43-66-54-58(62-38-21-6-18-35-51(46-26-10-2-11-27-46)47-28-12-3-13-29-47)69-60(70-59(54)71)63-40-45-25-22-34-50(39-45)52(48-30-14-4-15-31-48)36-19-7-20-37-61-56-53-57(65-42-64-53)68-55(67-56)49-32-16-5-17-33-49/h1-5,8-17,22-36,39,42-43H,6-7,18-21,37-38,40-41H2,(H2,62,63,69,70)(H2,61,64,65,67,68)/b52-36+. The molecule has 352 valence electrons. The Morgan fingerprint density at radius 1 is 0.507 bits per heavy atom. The molecule has 0 amide bonds. The summed E-state index contributed by atoms with van der Waals surface area (Å²) in [6, 6.07) is 61.2. The highest BCUT2D eigenvalue weighted by molar-refractivity contribution is 5.86. The molecule has 11 nitrogen and oxygen atoms in total. The summed E-state index contributed by atoms with van der Waals surface area (Å²) in [5.74, 6) is 2.71. The predicted octanol–water partition coefficient (Wildman–Crippen LogP) is 13.2. The lowest BCUT2D eigenvalue weighted by Gasteiger charge is -2.13. The van der Waals surface area contributed by atoms with Crippen molar-refractivity contribution in [2.45, 2.75) is 51.6 Å². The quantitative estimate of drug-likeness (QED) is 0.0490. The number of hydrogen-bond acceptors (Lipinski definition) is 9. The van der Waals surface area contributed by atoms with Crippen molar-refractivity contribution in [3.8, 4) is 11.4 Å². The third kappa shape index (κ3) is 11.8. The Bertz CT molecular complexity index is 3290. The molecule has 0 bridgehead atoms. The molecule has 0 saturated carbocycles. The van der Waals surface area contributed by atoms with Crippen molar-refractivity contribution in [2.24, 2.45) is 0 Å². The molecule has 4 heterocycles. The number of rotatable bonds is 22. The lowest BCUT2D eigenvalue weighted by molar-refractivity contribution is 0.777. The molecule has 0 atom stereocenters. The third-order valence-corrected chi connectivity index (χ3v) is 12.5. The number of nitrogens with one attached hydrogen (secondary N) is 4. The average Bonchev–Trinajstić information content (AvgIpc) is 4.09. The van der Waals surface area contributed by atoms with E-state index in [-0.39, 0.29) is 0 Å². The topological polar surface area (TPSA) is 134 Å². The fraction of sp³-hybridized carbons (Fsp3) is 0.167. The number of anilines is 3. The number of unbranched alkanes of at least 4 members (excludes halogenated alkanes) is 4. The number of nitrogens with zero attached hydrogens (tertiary/aromatic N) is 7. The molecule has 0 aliphatic heterocycles. The molecule has 0 aliphatic carbocycles. The first kappa shape index (κ1) is 46.1. The summed E-state index contributed by atoms with van der Waals surface area (Å²) in [6.45, 7) is 2.74. The van der Waals surface area contributed by atoms with E-state index in [0.29, 0.717) is 30.5 Å². The molecule has 0 unspecified atom stereocenters. The lowest BCUT2D eigenvalue weighted by Crippen LogP contribution is -2.10. The van der Waals surface area contributed by atoms with Gasteiger partial charge in [-0.3, -0.25) is 0 Å². The van der Waals surface area contributed by atoms with Crippen LogP contribution in [0, 0.1) is 0 Å². The number of fused-ring (bicyclic) bond motifs is 2. The van der Waals surface area contributed by atoms with Gasteiger partial charge in [-0.25, -0.2) is 19.9 Å². The Kier molecular flexibility index (Phi) is 15.0. The van der Waals surface area contributed by atoms with E-state index in [9.17, 15) is 0 Å². The van der Waals surface area contributed by atoms with E-state index in [1.807, 2.05) is 42.7 Å². The van der Waals surface area contributed by atoms with Gasteiger partial charge in [-0.15, -0.1) is 0 Å². The zero-order valence-corrected chi connectivity index (χ0v) is 39.8. The monoisotopic (exact) mass is 931 g/mol. The first-order chi connectivity index (χ1) is 35.2. The van der Waals surface area contributed by atoms with Gasteiger partial charge in [0, 0.05) is 25.2 Å². The summed E-state index contributed by atoms with van der Waals surface area (Å²) in [7, 11) is 0. The largest absolute Gasteiger partial charge is 0.368 e. The second-order valence-electron chi connectivity index (χ2n) is 17.5. The number of benzene rings is 6. The number of H-pyrrole nitrogens is 1. The van der Waals surface area contributed by atoms with E-state index < -0.39 is 0 Å². The maximum Gasteiger partial charge on any atom is 0.227 e. The molecular weight excluding hydrogens is 875 g/mol. The molecule has 0 radical (unpaired) electrons. The van der Waals surface area contributed by atoms with Crippen LogP contribution in [0.1, 0.15) is 71.9 Å². The number of aromatic nitrogens is 8. The second kappa shape index (κ2) is 23.1. The molecular formula is C60H57N11. The normalized spacial score (nSPS) is 11.5. The minimum absolute atomic E-state index is 0.551. The van der Waals surface area contributed by atoms with Crippen LogP contribution in [-0.4, -0.2) is 52.5 Å². The molecule has 0 spiro atoms. The third-order valence-electron chi connectivity index (χ3n) is 12.5. The van der Waals surface area contributed by atoms with Gasteiger partial charge in [0.1, 0.15) is 5.52 Å². The highest BCUT2D eigenvalue weighted by atomic mass is 15.2. The number of aromatic amines is 1. The van der Waals surface area contributed by atoms with Gasteiger partial charge in [0.2, 0.25) is 5.95 Å². The van der Waals surface area contributed by atoms with E-state index in [1.165, 1.54) is 39.0 Å². The van der Waals surface area contributed by atoms with Gasteiger partial charge in [-0.05, 0) is 89.1 Å². The average molecular weight is 932 g/mol. The van der Waals surface area contributed by atoms with Gasteiger partial charge >= 0.3 is 0 Å². The molecule has 10 rings (SSSR count). The molecule has 4 aromatic heterocycles. The van der Waals surface area contributed by atoms with Crippen LogP contribution >= 0.6 is 0 Å². The van der Waals surface area contributed by atoms with Crippen molar-refractivity contribution >= 4 is 51.1 Å². The minimum Gasteiger partial charge on any atom is -0.368 e. The Morgan fingerprint density at radius 2 is 1.07 bits per heavy atom. The van der Waals surface area contributed by atoms with Crippen molar-refractivity contribution < 1.29 is 0 Å².